The molecule has 2 amide bonds. The molecule has 2 aliphatic heterocycles. The third-order valence-corrected chi connectivity index (χ3v) is 5.82. The van der Waals surface area contributed by atoms with E-state index in [4.69, 9.17) is 0 Å². The van der Waals surface area contributed by atoms with Gasteiger partial charge < -0.3 is 4.90 Å². The van der Waals surface area contributed by atoms with Crippen molar-refractivity contribution >= 4 is 28.7 Å². The van der Waals surface area contributed by atoms with Crippen LogP contribution < -0.4 is 0 Å². The third-order valence-electron chi connectivity index (χ3n) is 4.93. The van der Waals surface area contributed by atoms with Crippen molar-refractivity contribution in [3.05, 3.63) is 63.5 Å². The Hall–Kier alpha value is -2.61. The van der Waals surface area contributed by atoms with Crippen LogP contribution in [0.4, 0.5) is 13.2 Å². The Morgan fingerprint density at radius 1 is 1.00 bits per heavy atom. The number of alkyl halides is 3. The first kappa shape index (κ1) is 18.7. The van der Waals surface area contributed by atoms with Crippen molar-refractivity contribution in [2.75, 3.05) is 13.1 Å². The van der Waals surface area contributed by atoms with Crippen LogP contribution in [0, 0.1) is 0 Å². The second-order valence-electron chi connectivity index (χ2n) is 6.79. The van der Waals surface area contributed by atoms with E-state index in [-0.39, 0.29) is 12.1 Å². The van der Waals surface area contributed by atoms with E-state index in [0.717, 1.165) is 29.9 Å². The van der Waals surface area contributed by atoms with Crippen LogP contribution in [-0.2, 0) is 22.3 Å². The fraction of sp³-hybridized carbons (Fsp3) is 0.300. The highest BCUT2D eigenvalue weighted by molar-refractivity contribution is 7.11. The van der Waals surface area contributed by atoms with E-state index in [0.29, 0.717) is 29.2 Å². The van der Waals surface area contributed by atoms with Crippen LogP contribution >= 0.6 is 11.3 Å². The lowest BCUT2D eigenvalue weighted by molar-refractivity contribution is -0.138. The van der Waals surface area contributed by atoms with Gasteiger partial charge in [0.2, 0.25) is 0 Å². The Kier molecular flexibility index (Phi) is 4.74. The molecule has 0 atom stereocenters. The molecule has 1 aromatic carbocycles. The molecule has 0 unspecified atom stereocenters. The summed E-state index contributed by atoms with van der Waals surface area (Å²) in [5, 5.41) is 1.83. The molecule has 0 saturated carbocycles. The molecule has 1 fully saturated rings. The number of carbonyl (C=O) groups excluding carboxylic acids is 2. The summed E-state index contributed by atoms with van der Waals surface area (Å²) in [4.78, 5) is 29.8. The van der Waals surface area contributed by atoms with Crippen molar-refractivity contribution in [3.8, 4) is 0 Å². The van der Waals surface area contributed by atoms with Gasteiger partial charge in [-0.05, 0) is 42.0 Å². The highest BCUT2D eigenvalue weighted by Crippen LogP contribution is 2.36. The molecule has 1 saturated heterocycles. The fourth-order valence-corrected chi connectivity index (χ4v) is 4.38. The van der Waals surface area contributed by atoms with Crippen LogP contribution in [0.15, 0.2) is 47.5 Å². The van der Waals surface area contributed by atoms with E-state index in [2.05, 4.69) is 0 Å². The summed E-state index contributed by atoms with van der Waals surface area (Å²) in [7, 11) is 0. The van der Waals surface area contributed by atoms with Crippen molar-refractivity contribution in [2.45, 2.75) is 25.6 Å². The summed E-state index contributed by atoms with van der Waals surface area (Å²) in [6.45, 7) is 1.20. The maximum atomic E-state index is 13.1. The number of amides is 2. The maximum Gasteiger partial charge on any atom is 0.416 e. The predicted molar refractivity (Wildman–Crippen MR) is 99.0 cm³/mol. The lowest BCUT2D eigenvalue weighted by Crippen LogP contribution is -2.34. The molecule has 28 heavy (non-hydrogen) atoms. The van der Waals surface area contributed by atoms with Gasteiger partial charge in [-0.15, -0.1) is 11.3 Å². The van der Waals surface area contributed by atoms with Crippen molar-refractivity contribution in [1.29, 1.82) is 0 Å². The molecule has 2 aromatic rings. The van der Waals surface area contributed by atoms with Crippen molar-refractivity contribution < 1.29 is 22.8 Å². The molecule has 4 rings (SSSR count). The Balaban J connectivity index is 1.67. The number of hydrogen-bond donors (Lipinski definition) is 0. The maximum absolute atomic E-state index is 13.1. The van der Waals surface area contributed by atoms with Crippen molar-refractivity contribution in [1.82, 2.24) is 9.80 Å². The molecule has 146 valence electrons. The highest BCUT2D eigenvalue weighted by Gasteiger charge is 2.42. The Morgan fingerprint density at radius 3 is 2.39 bits per heavy atom. The second-order valence-corrected chi connectivity index (χ2v) is 7.74. The SMILES string of the molecule is O=C1C(c2cccs2)=C(N2CCCC2)C(=O)N1Cc1cccc(C(F)(F)F)c1. The Morgan fingerprint density at radius 2 is 1.75 bits per heavy atom. The van der Waals surface area contributed by atoms with E-state index < -0.39 is 23.6 Å². The largest absolute Gasteiger partial charge is 0.416 e. The average Bonchev–Trinajstić information content (AvgIpc) is 3.39. The average molecular weight is 406 g/mol. The number of thiophene rings is 1. The molecule has 8 heteroatoms. The lowest BCUT2D eigenvalue weighted by Gasteiger charge is -2.20. The van der Waals surface area contributed by atoms with Crippen LogP contribution in [0.5, 0.6) is 0 Å². The van der Waals surface area contributed by atoms with Gasteiger partial charge in [0.15, 0.2) is 0 Å². The molecule has 2 aliphatic rings. The third kappa shape index (κ3) is 3.32. The molecule has 0 aliphatic carbocycles. The molecule has 1 aromatic heterocycles. The van der Waals surface area contributed by atoms with Gasteiger partial charge >= 0.3 is 6.18 Å². The van der Waals surface area contributed by atoms with Gasteiger partial charge in [0, 0.05) is 18.0 Å². The van der Waals surface area contributed by atoms with Gasteiger partial charge in [-0.3, -0.25) is 14.5 Å². The number of carbonyl (C=O) groups is 2. The van der Waals surface area contributed by atoms with Crippen LogP contribution in [0.2, 0.25) is 0 Å². The Labute approximate surface area is 163 Å². The van der Waals surface area contributed by atoms with Gasteiger partial charge in [-0.2, -0.15) is 13.2 Å². The zero-order valence-electron chi connectivity index (χ0n) is 14.8. The van der Waals surface area contributed by atoms with E-state index in [1.165, 1.54) is 23.5 Å². The summed E-state index contributed by atoms with van der Waals surface area (Å²) in [6, 6.07) is 8.34. The quantitative estimate of drug-likeness (QED) is 0.717. The number of imide groups is 1. The monoisotopic (exact) mass is 406 g/mol. The van der Waals surface area contributed by atoms with Crippen LogP contribution in [0.3, 0.4) is 0 Å². The van der Waals surface area contributed by atoms with Crippen LogP contribution in [0.1, 0.15) is 28.8 Å². The minimum atomic E-state index is -4.48. The molecule has 0 spiro atoms. The molecule has 0 N–H and O–H groups in total. The van der Waals surface area contributed by atoms with Gasteiger partial charge in [-0.1, -0.05) is 18.2 Å². The highest BCUT2D eigenvalue weighted by atomic mass is 32.1. The minimum absolute atomic E-state index is 0.187. The van der Waals surface area contributed by atoms with Gasteiger partial charge in [0.05, 0.1) is 17.7 Å². The minimum Gasteiger partial charge on any atom is -0.366 e. The van der Waals surface area contributed by atoms with Gasteiger partial charge in [0.1, 0.15) is 5.70 Å². The zero-order valence-corrected chi connectivity index (χ0v) is 15.6. The zero-order chi connectivity index (χ0) is 19.9. The molecule has 0 radical (unpaired) electrons. The van der Waals surface area contributed by atoms with Crippen molar-refractivity contribution in [2.24, 2.45) is 0 Å². The standard InChI is InChI=1S/C20H17F3N2O2S/c21-20(22,23)14-6-3-5-13(11-14)12-25-18(26)16(15-7-4-10-28-15)17(19(25)27)24-8-1-2-9-24/h3-7,10-11H,1-2,8-9,12H2. The van der Waals surface area contributed by atoms with E-state index >= 15 is 0 Å². The van der Waals surface area contributed by atoms with E-state index in [1.807, 2.05) is 16.3 Å². The lowest BCUT2D eigenvalue weighted by atomic mass is 10.1. The molecule has 3 heterocycles. The number of hydrogen-bond acceptors (Lipinski definition) is 4. The first-order valence-corrected chi connectivity index (χ1v) is 9.79. The first-order chi connectivity index (χ1) is 13.4. The number of halogens is 3. The van der Waals surface area contributed by atoms with Crippen LogP contribution in [0.25, 0.3) is 5.57 Å². The number of benzene rings is 1. The molecule has 0 bridgehead atoms. The topological polar surface area (TPSA) is 40.6 Å². The first-order valence-electron chi connectivity index (χ1n) is 8.91. The van der Waals surface area contributed by atoms with E-state index in [9.17, 15) is 22.8 Å². The summed E-state index contributed by atoms with van der Waals surface area (Å²) in [5.41, 5.74) is 0.200. The summed E-state index contributed by atoms with van der Waals surface area (Å²) < 4.78 is 39.0. The van der Waals surface area contributed by atoms with Crippen LogP contribution in [-0.4, -0.2) is 34.7 Å². The molecular formula is C20H17F3N2O2S. The molecule has 4 nitrogen and oxygen atoms in total. The summed E-state index contributed by atoms with van der Waals surface area (Å²) >= 11 is 1.37. The van der Waals surface area contributed by atoms with Gasteiger partial charge in [-0.25, -0.2) is 0 Å². The Bertz CT molecular complexity index is 945. The van der Waals surface area contributed by atoms with Gasteiger partial charge in [0.25, 0.3) is 11.8 Å². The normalized spacial score (nSPS) is 18.0. The van der Waals surface area contributed by atoms with E-state index in [1.54, 1.807) is 6.07 Å². The smallest absolute Gasteiger partial charge is 0.366 e. The summed E-state index contributed by atoms with van der Waals surface area (Å²) in [5.74, 6) is -0.889. The van der Waals surface area contributed by atoms with Crippen molar-refractivity contribution in [3.63, 3.8) is 0 Å². The number of rotatable bonds is 4. The number of likely N-dealkylation sites (tertiary alicyclic amines) is 1. The summed E-state index contributed by atoms with van der Waals surface area (Å²) in [6.07, 6.45) is -2.59. The number of nitrogens with zero attached hydrogens (tertiary/aromatic N) is 2. The fourth-order valence-electron chi connectivity index (χ4n) is 3.61. The second kappa shape index (κ2) is 7.09. The predicted octanol–water partition coefficient (Wildman–Crippen LogP) is 4.14. The molecular weight excluding hydrogens is 389 g/mol.